The number of hydrogen-bond acceptors (Lipinski definition) is 4. The Balaban J connectivity index is 1.72. The van der Waals surface area contributed by atoms with Crippen molar-refractivity contribution < 1.29 is 9.18 Å². The quantitative estimate of drug-likeness (QED) is 0.588. The normalized spacial score (nSPS) is 10.8. The fourth-order valence-corrected chi connectivity index (χ4v) is 3.23. The number of halogens is 1. The van der Waals surface area contributed by atoms with Gasteiger partial charge in [-0.05, 0) is 36.2 Å². The van der Waals surface area contributed by atoms with Gasteiger partial charge < -0.3 is 10.6 Å². The number of amides is 1. The lowest BCUT2D eigenvalue weighted by Crippen LogP contribution is -2.13. The second-order valence-electron chi connectivity index (χ2n) is 6.40. The molecule has 3 rings (SSSR count). The van der Waals surface area contributed by atoms with Crippen LogP contribution in [0.1, 0.15) is 20.3 Å². The summed E-state index contributed by atoms with van der Waals surface area (Å²) in [6.45, 7) is 4.02. The number of carbonyl (C=O) groups excluding carboxylic acids is 1. The maximum absolute atomic E-state index is 13.3. The summed E-state index contributed by atoms with van der Waals surface area (Å²) >= 11 is 1.44. The van der Waals surface area contributed by atoms with E-state index >= 15 is 0 Å². The Labute approximate surface area is 156 Å². The molecule has 0 aliphatic rings. The van der Waals surface area contributed by atoms with E-state index in [1.807, 2.05) is 43.5 Å². The third kappa shape index (κ3) is 4.89. The highest BCUT2D eigenvalue weighted by Crippen LogP contribution is 2.28. The number of aromatic nitrogens is 1. The zero-order valence-corrected chi connectivity index (χ0v) is 15.4. The molecule has 3 aromatic rings. The molecule has 0 radical (unpaired) electrons. The Morgan fingerprint density at radius 1 is 1.15 bits per heavy atom. The monoisotopic (exact) mass is 369 g/mol. The molecule has 1 aromatic heterocycles. The minimum Gasteiger partial charge on any atom is -0.331 e. The topological polar surface area (TPSA) is 54.0 Å². The number of rotatable bonds is 6. The molecule has 6 heteroatoms. The Hall–Kier alpha value is -2.73. The summed E-state index contributed by atoms with van der Waals surface area (Å²) < 4.78 is 13.3. The number of anilines is 3. The van der Waals surface area contributed by atoms with Gasteiger partial charge in [0.05, 0.1) is 5.69 Å². The van der Waals surface area contributed by atoms with Crippen LogP contribution in [0.25, 0.3) is 11.3 Å². The summed E-state index contributed by atoms with van der Waals surface area (Å²) in [6, 6.07) is 13.9. The summed E-state index contributed by atoms with van der Waals surface area (Å²) in [5.41, 5.74) is 3.12. The Bertz CT molecular complexity index is 907. The van der Waals surface area contributed by atoms with Crippen molar-refractivity contribution >= 4 is 33.8 Å². The van der Waals surface area contributed by atoms with Crippen molar-refractivity contribution in [3.8, 4) is 11.3 Å². The second kappa shape index (κ2) is 8.10. The van der Waals surface area contributed by atoms with Gasteiger partial charge in [-0.3, -0.25) is 4.79 Å². The first-order valence-electron chi connectivity index (χ1n) is 8.38. The van der Waals surface area contributed by atoms with E-state index in [-0.39, 0.29) is 11.7 Å². The van der Waals surface area contributed by atoms with Gasteiger partial charge in [0.25, 0.3) is 0 Å². The molecular formula is C20H20FN3OS. The molecular weight excluding hydrogens is 349 g/mol. The first kappa shape index (κ1) is 18.1. The highest BCUT2D eigenvalue weighted by molar-refractivity contribution is 7.14. The van der Waals surface area contributed by atoms with Crippen LogP contribution in [0.3, 0.4) is 0 Å². The number of nitrogens with one attached hydrogen (secondary N) is 2. The molecule has 2 aromatic carbocycles. The highest BCUT2D eigenvalue weighted by atomic mass is 32.1. The summed E-state index contributed by atoms with van der Waals surface area (Å²) in [7, 11) is 0. The largest absolute Gasteiger partial charge is 0.331 e. The van der Waals surface area contributed by atoms with E-state index < -0.39 is 0 Å². The van der Waals surface area contributed by atoms with Gasteiger partial charge in [-0.25, -0.2) is 9.37 Å². The average Bonchev–Trinajstić information content (AvgIpc) is 3.03. The highest BCUT2D eigenvalue weighted by Gasteiger charge is 2.09. The standard InChI is InChI=1S/C20H20FN3OS/c1-13(2)9-19(25)22-16-7-3-5-14(10-16)18-12-26-20(24-18)23-17-8-4-6-15(21)11-17/h3-8,10-13H,9H2,1-2H3,(H,22,25)(H,23,24). The SMILES string of the molecule is CC(C)CC(=O)Nc1cccc(-c2csc(Nc3cccc(F)c3)n2)c1. The van der Waals surface area contributed by atoms with Crippen molar-refractivity contribution in [3.05, 3.63) is 59.7 Å². The Morgan fingerprint density at radius 3 is 2.69 bits per heavy atom. The minimum atomic E-state index is -0.295. The summed E-state index contributed by atoms with van der Waals surface area (Å²) in [6.07, 6.45) is 0.489. The van der Waals surface area contributed by atoms with Crippen LogP contribution >= 0.6 is 11.3 Å². The zero-order valence-electron chi connectivity index (χ0n) is 14.6. The van der Waals surface area contributed by atoms with E-state index in [1.54, 1.807) is 12.1 Å². The Kier molecular flexibility index (Phi) is 5.63. The van der Waals surface area contributed by atoms with Crippen molar-refractivity contribution in [2.45, 2.75) is 20.3 Å². The average molecular weight is 369 g/mol. The van der Waals surface area contributed by atoms with Crippen molar-refractivity contribution in [2.75, 3.05) is 10.6 Å². The molecule has 4 nitrogen and oxygen atoms in total. The maximum Gasteiger partial charge on any atom is 0.224 e. The number of benzene rings is 2. The molecule has 0 fully saturated rings. The number of nitrogens with zero attached hydrogens (tertiary/aromatic N) is 1. The van der Waals surface area contributed by atoms with Gasteiger partial charge in [-0.2, -0.15) is 0 Å². The molecule has 0 atom stereocenters. The summed E-state index contributed by atoms with van der Waals surface area (Å²) in [4.78, 5) is 16.5. The molecule has 0 saturated carbocycles. The van der Waals surface area contributed by atoms with Gasteiger partial charge in [0.1, 0.15) is 5.82 Å². The molecule has 0 bridgehead atoms. The van der Waals surface area contributed by atoms with E-state index in [0.29, 0.717) is 23.2 Å². The predicted molar refractivity (Wildman–Crippen MR) is 105 cm³/mol. The van der Waals surface area contributed by atoms with Crippen LogP contribution in [0.4, 0.5) is 20.9 Å². The van der Waals surface area contributed by atoms with Gasteiger partial charge in [-0.1, -0.05) is 32.0 Å². The first-order valence-corrected chi connectivity index (χ1v) is 9.26. The van der Waals surface area contributed by atoms with Crippen LogP contribution in [-0.4, -0.2) is 10.9 Å². The molecule has 0 aliphatic heterocycles. The molecule has 1 heterocycles. The molecule has 1 amide bonds. The summed E-state index contributed by atoms with van der Waals surface area (Å²) in [5, 5.41) is 8.62. The fraction of sp³-hybridized carbons (Fsp3) is 0.200. The molecule has 0 saturated heterocycles. The van der Waals surface area contributed by atoms with E-state index in [9.17, 15) is 9.18 Å². The van der Waals surface area contributed by atoms with Crippen molar-refractivity contribution in [2.24, 2.45) is 5.92 Å². The zero-order chi connectivity index (χ0) is 18.5. The molecule has 0 spiro atoms. The number of carbonyl (C=O) groups is 1. The van der Waals surface area contributed by atoms with Crippen LogP contribution in [0.2, 0.25) is 0 Å². The molecule has 134 valence electrons. The third-order valence-electron chi connectivity index (χ3n) is 3.62. The maximum atomic E-state index is 13.3. The fourth-order valence-electron chi connectivity index (χ4n) is 2.49. The van der Waals surface area contributed by atoms with Crippen LogP contribution < -0.4 is 10.6 Å². The number of hydrogen-bond donors (Lipinski definition) is 2. The molecule has 26 heavy (non-hydrogen) atoms. The third-order valence-corrected chi connectivity index (χ3v) is 4.37. The lowest BCUT2D eigenvalue weighted by molar-refractivity contribution is -0.116. The van der Waals surface area contributed by atoms with Gasteiger partial charge >= 0.3 is 0 Å². The van der Waals surface area contributed by atoms with Crippen molar-refractivity contribution in [3.63, 3.8) is 0 Å². The lowest BCUT2D eigenvalue weighted by Gasteiger charge is -2.08. The molecule has 0 aliphatic carbocycles. The van der Waals surface area contributed by atoms with E-state index in [4.69, 9.17) is 0 Å². The van der Waals surface area contributed by atoms with Crippen molar-refractivity contribution in [1.82, 2.24) is 4.98 Å². The molecule has 0 unspecified atom stereocenters. The van der Waals surface area contributed by atoms with Gasteiger partial charge in [0, 0.05) is 28.7 Å². The van der Waals surface area contributed by atoms with Crippen LogP contribution in [-0.2, 0) is 4.79 Å². The lowest BCUT2D eigenvalue weighted by atomic mass is 10.1. The minimum absolute atomic E-state index is 0.00360. The van der Waals surface area contributed by atoms with E-state index in [1.165, 1.54) is 23.5 Å². The van der Waals surface area contributed by atoms with Crippen LogP contribution in [0.5, 0.6) is 0 Å². The molecule has 2 N–H and O–H groups in total. The van der Waals surface area contributed by atoms with Gasteiger partial charge in [0.15, 0.2) is 5.13 Å². The van der Waals surface area contributed by atoms with Crippen LogP contribution in [0, 0.1) is 11.7 Å². The van der Waals surface area contributed by atoms with Crippen LogP contribution in [0.15, 0.2) is 53.9 Å². The summed E-state index contributed by atoms with van der Waals surface area (Å²) in [5.74, 6) is 0.0219. The second-order valence-corrected chi connectivity index (χ2v) is 7.26. The number of thiazole rings is 1. The Morgan fingerprint density at radius 2 is 1.92 bits per heavy atom. The van der Waals surface area contributed by atoms with E-state index in [0.717, 1.165) is 16.9 Å². The van der Waals surface area contributed by atoms with Gasteiger partial charge in [0.2, 0.25) is 5.91 Å². The first-order chi connectivity index (χ1) is 12.5. The van der Waals surface area contributed by atoms with E-state index in [2.05, 4.69) is 15.6 Å². The smallest absolute Gasteiger partial charge is 0.224 e. The van der Waals surface area contributed by atoms with Crippen molar-refractivity contribution in [1.29, 1.82) is 0 Å². The van der Waals surface area contributed by atoms with Gasteiger partial charge in [-0.15, -0.1) is 11.3 Å². The predicted octanol–water partition coefficient (Wildman–Crippen LogP) is 5.68.